The first-order valence-electron chi connectivity index (χ1n) is 14.3. The molecule has 0 fully saturated rings. The van der Waals surface area contributed by atoms with Gasteiger partial charge in [-0.25, -0.2) is 0 Å². The lowest BCUT2D eigenvalue weighted by Gasteiger charge is -2.32. The molecule has 0 saturated heterocycles. The molecular weight excluding hydrogens is 554 g/mol. The summed E-state index contributed by atoms with van der Waals surface area (Å²) in [6, 6.07) is 31.9. The molecule has 220 valence electrons. The van der Waals surface area contributed by atoms with Crippen LogP contribution < -0.4 is 9.64 Å². The van der Waals surface area contributed by atoms with Crippen molar-refractivity contribution in [1.29, 1.82) is 0 Å². The minimum absolute atomic E-state index is 0.312. The van der Waals surface area contributed by atoms with Gasteiger partial charge in [0, 0.05) is 30.9 Å². The first-order valence-corrected chi connectivity index (χ1v) is 15.5. The number of pyridine rings is 1. The Morgan fingerprint density at radius 1 is 0.930 bits per heavy atom. The second kappa shape index (κ2) is 13.8. The van der Waals surface area contributed by atoms with Crippen LogP contribution in [-0.4, -0.2) is 47.0 Å². The number of fused-ring (bicyclic) bond motifs is 1. The van der Waals surface area contributed by atoms with Crippen LogP contribution >= 0.6 is 0 Å². The predicted molar refractivity (Wildman–Crippen MR) is 175 cm³/mol. The van der Waals surface area contributed by atoms with Gasteiger partial charge in [0.05, 0.1) is 12.6 Å². The fourth-order valence-electron chi connectivity index (χ4n) is 5.38. The van der Waals surface area contributed by atoms with E-state index in [0.717, 1.165) is 51.9 Å². The number of ether oxygens (including phenoxy) is 1. The molecule has 0 aliphatic rings. The van der Waals surface area contributed by atoms with E-state index in [1.165, 1.54) is 15.4 Å². The number of carbonyl (C=O) groups is 1. The van der Waals surface area contributed by atoms with E-state index in [0.29, 0.717) is 17.9 Å². The number of aromatic nitrogens is 1. The van der Waals surface area contributed by atoms with Crippen LogP contribution in [0.5, 0.6) is 5.75 Å². The summed E-state index contributed by atoms with van der Waals surface area (Å²) in [6.07, 6.45) is 3.92. The van der Waals surface area contributed by atoms with E-state index in [9.17, 15) is 9.35 Å². The highest BCUT2D eigenvalue weighted by Crippen LogP contribution is 2.28. The predicted octanol–water partition coefficient (Wildman–Crippen LogP) is 6.68. The molecule has 6 nitrogen and oxygen atoms in total. The SMILES string of the molecule is COc1cc2c(Cc3ccc(N(C)CC(Cc4ccccc4)N(C=O)[S+]([O-])c4ccc(C)cc4)cc3)ccnc2cc1C. The standard InChI is InChI=1S/C36H37N3O3S/c1-26-10-16-33(17-11-26)43(41)39(25-40)32(22-28-8-6-5-7-9-28)24-38(3)31-14-12-29(13-15-31)21-30-18-19-37-35-20-27(2)36(42-4)23-34(30)35/h5-20,23,25,32H,21-22,24H2,1-4H3. The molecule has 4 aromatic carbocycles. The molecule has 0 radical (unpaired) electrons. The highest BCUT2D eigenvalue weighted by Gasteiger charge is 2.31. The van der Waals surface area contributed by atoms with Gasteiger partial charge in [-0.2, -0.15) is 4.31 Å². The molecule has 0 spiro atoms. The molecular formula is C36H37N3O3S. The lowest BCUT2D eigenvalue weighted by molar-refractivity contribution is -0.115. The lowest BCUT2D eigenvalue weighted by atomic mass is 9.99. The summed E-state index contributed by atoms with van der Waals surface area (Å²) in [6.45, 7) is 4.53. The molecule has 5 aromatic rings. The molecule has 0 N–H and O–H groups in total. The maximum atomic E-state index is 13.6. The maximum absolute atomic E-state index is 13.6. The Morgan fingerprint density at radius 3 is 2.33 bits per heavy atom. The molecule has 2 atom stereocenters. The molecule has 2 unspecified atom stereocenters. The minimum atomic E-state index is -1.62. The van der Waals surface area contributed by atoms with Crippen LogP contribution in [0.3, 0.4) is 0 Å². The normalized spacial score (nSPS) is 12.5. The van der Waals surface area contributed by atoms with Crippen molar-refractivity contribution < 1.29 is 14.1 Å². The molecule has 1 heterocycles. The van der Waals surface area contributed by atoms with Gasteiger partial charge < -0.3 is 14.2 Å². The van der Waals surface area contributed by atoms with Crippen LogP contribution in [-0.2, 0) is 29.0 Å². The second-order valence-electron chi connectivity index (χ2n) is 10.9. The van der Waals surface area contributed by atoms with Crippen LogP contribution in [0.25, 0.3) is 10.9 Å². The average molecular weight is 592 g/mol. The number of methoxy groups -OCH3 is 1. The van der Waals surface area contributed by atoms with Gasteiger partial charge in [-0.1, -0.05) is 60.2 Å². The van der Waals surface area contributed by atoms with E-state index >= 15 is 0 Å². The van der Waals surface area contributed by atoms with Crippen LogP contribution in [0.4, 0.5) is 5.69 Å². The minimum Gasteiger partial charge on any atom is -0.588 e. The third-order valence-electron chi connectivity index (χ3n) is 7.80. The monoisotopic (exact) mass is 591 g/mol. The highest BCUT2D eigenvalue weighted by atomic mass is 32.2. The van der Waals surface area contributed by atoms with Crippen molar-refractivity contribution >= 4 is 34.4 Å². The molecule has 5 rings (SSSR count). The average Bonchev–Trinajstić information content (AvgIpc) is 3.02. The second-order valence-corrected chi connectivity index (χ2v) is 12.3. The summed E-state index contributed by atoms with van der Waals surface area (Å²) < 4.78 is 20.6. The van der Waals surface area contributed by atoms with Gasteiger partial charge in [-0.05, 0) is 91.4 Å². The summed E-state index contributed by atoms with van der Waals surface area (Å²) in [7, 11) is 3.70. The Kier molecular flexibility index (Phi) is 9.65. The summed E-state index contributed by atoms with van der Waals surface area (Å²) >= 11 is -1.62. The fraction of sp³-hybridized carbons (Fsp3) is 0.222. The number of hydrogen-bond acceptors (Lipinski definition) is 5. The van der Waals surface area contributed by atoms with E-state index in [1.54, 1.807) is 7.11 Å². The number of anilines is 1. The number of rotatable bonds is 12. The smallest absolute Gasteiger partial charge is 0.252 e. The molecule has 7 heteroatoms. The Bertz CT molecular complexity index is 1660. The largest absolute Gasteiger partial charge is 0.588 e. The molecule has 0 bridgehead atoms. The quantitative estimate of drug-likeness (QED) is 0.120. The van der Waals surface area contributed by atoms with Crippen LogP contribution in [0.2, 0.25) is 0 Å². The third kappa shape index (κ3) is 7.19. The van der Waals surface area contributed by atoms with E-state index in [1.807, 2.05) is 81.7 Å². The molecule has 0 saturated carbocycles. The summed E-state index contributed by atoms with van der Waals surface area (Å²) in [5.41, 5.74) is 7.57. The van der Waals surface area contributed by atoms with Gasteiger partial charge in [-0.3, -0.25) is 9.78 Å². The zero-order valence-corrected chi connectivity index (χ0v) is 25.9. The maximum Gasteiger partial charge on any atom is 0.252 e. The Labute approximate surface area is 257 Å². The Hall–Kier alpha value is -4.33. The summed E-state index contributed by atoms with van der Waals surface area (Å²) in [4.78, 5) is 19.7. The van der Waals surface area contributed by atoms with Gasteiger partial charge in [0.15, 0.2) is 4.90 Å². The lowest BCUT2D eigenvalue weighted by Crippen LogP contribution is -2.46. The number of carbonyl (C=O) groups excluding carboxylic acids is 1. The number of nitrogens with zero attached hydrogens (tertiary/aromatic N) is 3. The Morgan fingerprint density at radius 2 is 1.65 bits per heavy atom. The zero-order chi connectivity index (χ0) is 30.3. The first kappa shape index (κ1) is 30.1. The van der Waals surface area contributed by atoms with Crippen molar-refractivity contribution in [2.45, 2.75) is 37.6 Å². The van der Waals surface area contributed by atoms with Gasteiger partial charge in [0.25, 0.3) is 6.41 Å². The highest BCUT2D eigenvalue weighted by molar-refractivity contribution is 7.89. The molecule has 0 aliphatic carbocycles. The summed E-state index contributed by atoms with van der Waals surface area (Å²) in [5.74, 6) is 0.858. The number of hydrogen-bond donors (Lipinski definition) is 0. The zero-order valence-electron chi connectivity index (χ0n) is 25.1. The van der Waals surface area contributed by atoms with Gasteiger partial charge in [-0.15, -0.1) is 0 Å². The Balaban J connectivity index is 1.35. The van der Waals surface area contributed by atoms with Crippen LogP contribution in [0.15, 0.2) is 108 Å². The van der Waals surface area contributed by atoms with Crippen molar-refractivity contribution in [1.82, 2.24) is 9.29 Å². The number of likely N-dealkylation sites (N-methyl/N-ethyl adjacent to an activating group) is 1. The molecule has 1 aromatic heterocycles. The number of aryl methyl sites for hydroxylation is 2. The number of amides is 1. The van der Waals surface area contributed by atoms with Crippen LogP contribution in [0, 0.1) is 13.8 Å². The van der Waals surface area contributed by atoms with Crippen molar-refractivity contribution in [3.8, 4) is 5.75 Å². The van der Waals surface area contributed by atoms with Gasteiger partial charge in [0.2, 0.25) is 0 Å². The van der Waals surface area contributed by atoms with Crippen molar-refractivity contribution in [2.24, 2.45) is 0 Å². The summed E-state index contributed by atoms with van der Waals surface area (Å²) in [5, 5.41) is 1.09. The number of benzene rings is 4. The fourth-order valence-corrected chi connectivity index (χ4v) is 6.48. The van der Waals surface area contributed by atoms with Gasteiger partial charge in [0.1, 0.15) is 23.2 Å². The van der Waals surface area contributed by atoms with E-state index in [2.05, 4.69) is 52.3 Å². The van der Waals surface area contributed by atoms with Crippen molar-refractivity contribution in [3.63, 3.8) is 0 Å². The third-order valence-corrected chi connectivity index (χ3v) is 9.24. The van der Waals surface area contributed by atoms with E-state index in [4.69, 9.17) is 4.74 Å². The van der Waals surface area contributed by atoms with Gasteiger partial charge >= 0.3 is 0 Å². The molecule has 1 amide bonds. The van der Waals surface area contributed by atoms with Crippen LogP contribution in [0.1, 0.15) is 27.8 Å². The molecule has 0 aliphatic heterocycles. The van der Waals surface area contributed by atoms with E-state index < -0.39 is 11.4 Å². The van der Waals surface area contributed by atoms with Crippen molar-refractivity contribution in [3.05, 3.63) is 131 Å². The van der Waals surface area contributed by atoms with Crippen molar-refractivity contribution in [2.75, 3.05) is 25.6 Å². The first-order chi connectivity index (χ1) is 20.9. The van der Waals surface area contributed by atoms with E-state index in [-0.39, 0.29) is 6.04 Å². The topological polar surface area (TPSA) is 68.7 Å². The molecule has 43 heavy (non-hydrogen) atoms.